The van der Waals surface area contributed by atoms with Crippen molar-refractivity contribution >= 4 is 29.3 Å². The van der Waals surface area contributed by atoms with Gasteiger partial charge < -0.3 is 15.5 Å². The molecule has 1 heterocycles. The highest BCUT2D eigenvalue weighted by molar-refractivity contribution is 6.33. The smallest absolute Gasteiger partial charge is 0.412 e. The molecule has 6 nitrogen and oxygen atoms in total. The number of rotatable bonds is 2. The fourth-order valence-corrected chi connectivity index (χ4v) is 1.99. The monoisotopic (exact) mass is 308 g/mol. The summed E-state index contributed by atoms with van der Waals surface area (Å²) in [5.74, 6) is 0.317. The molecule has 0 aliphatic carbocycles. The van der Waals surface area contributed by atoms with Crippen LogP contribution >= 0.6 is 11.6 Å². The summed E-state index contributed by atoms with van der Waals surface area (Å²) in [6.07, 6.45) is 1.06. The van der Waals surface area contributed by atoms with E-state index in [-0.39, 0.29) is 0 Å². The lowest BCUT2D eigenvalue weighted by Crippen LogP contribution is -2.27. The van der Waals surface area contributed by atoms with Crippen LogP contribution in [0.15, 0.2) is 24.4 Å². The minimum atomic E-state index is -0.554. The van der Waals surface area contributed by atoms with Gasteiger partial charge in [-0.25, -0.2) is 9.78 Å². The number of halogens is 1. The van der Waals surface area contributed by atoms with E-state index < -0.39 is 11.7 Å². The zero-order valence-corrected chi connectivity index (χ0v) is 12.8. The number of benzene rings is 1. The van der Waals surface area contributed by atoms with Gasteiger partial charge in [-0.2, -0.15) is 0 Å². The number of nitrogens with one attached hydrogen (secondary N) is 2. The first-order chi connectivity index (χ1) is 9.74. The van der Waals surface area contributed by atoms with Crippen LogP contribution < -0.4 is 11.1 Å². The summed E-state index contributed by atoms with van der Waals surface area (Å²) >= 11 is 6.21. The number of nitrogens with zero attached hydrogens (tertiary/aromatic N) is 1. The Morgan fingerprint density at radius 1 is 1.43 bits per heavy atom. The number of hydrogen-bond acceptors (Lipinski definition) is 4. The highest BCUT2D eigenvalue weighted by atomic mass is 35.5. The fraction of sp³-hybridized carbons (Fsp3) is 0.286. The molecule has 1 aromatic carbocycles. The Balaban J connectivity index is 2.14. The number of amides is 1. The van der Waals surface area contributed by atoms with Gasteiger partial charge in [0.05, 0.1) is 16.9 Å². The summed E-state index contributed by atoms with van der Waals surface area (Å²) in [5, 5.41) is 3.09. The minimum absolute atomic E-state index is 0.317. The molecule has 0 bridgehead atoms. The first kappa shape index (κ1) is 15.2. The van der Waals surface area contributed by atoms with Gasteiger partial charge in [0.25, 0.3) is 0 Å². The molecule has 0 unspecified atom stereocenters. The van der Waals surface area contributed by atoms with Crippen molar-refractivity contribution in [1.29, 1.82) is 0 Å². The number of hydrogen-bond donors (Lipinski definition) is 3. The number of imidazole rings is 1. The third-order valence-corrected chi connectivity index (χ3v) is 2.81. The van der Waals surface area contributed by atoms with Crippen LogP contribution in [-0.4, -0.2) is 21.7 Å². The summed E-state index contributed by atoms with van der Waals surface area (Å²) in [4.78, 5) is 18.5. The fourth-order valence-electron chi connectivity index (χ4n) is 1.71. The zero-order chi connectivity index (χ0) is 15.6. The average molecular weight is 309 g/mol. The van der Waals surface area contributed by atoms with E-state index in [0.717, 1.165) is 5.56 Å². The van der Waals surface area contributed by atoms with Crippen molar-refractivity contribution in [1.82, 2.24) is 9.97 Å². The van der Waals surface area contributed by atoms with Gasteiger partial charge in [-0.05, 0) is 39.0 Å². The van der Waals surface area contributed by atoms with Gasteiger partial charge in [0.2, 0.25) is 0 Å². The van der Waals surface area contributed by atoms with Gasteiger partial charge in [-0.1, -0.05) is 11.6 Å². The van der Waals surface area contributed by atoms with E-state index in [1.54, 1.807) is 45.2 Å². The van der Waals surface area contributed by atoms with E-state index in [1.807, 2.05) is 0 Å². The van der Waals surface area contributed by atoms with Gasteiger partial charge in [0.15, 0.2) is 5.95 Å². The third kappa shape index (κ3) is 4.13. The second-order valence-electron chi connectivity index (χ2n) is 5.50. The molecule has 0 radical (unpaired) electrons. The molecular weight excluding hydrogens is 292 g/mol. The standard InChI is InChI=1S/C14H17ClN4O2/c1-14(2,3)21-13(20)18-8-4-5-9(10(15)6-8)11-7-17-12(16)19-11/h4-7H,1-3H3,(H,18,20)(H3,16,17,19). The Labute approximate surface area is 127 Å². The third-order valence-electron chi connectivity index (χ3n) is 2.50. The lowest BCUT2D eigenvalue weighted by Gasteiger charge is -2.19. The van der Waals surface area contributed by atoms with Crippen LogP contribution in [0.3, 0.4) is 0 Å². The Morgan fingerprint density at radius 3 is 2.67 bits per heavy atom. The highest BCUT2D eigenvalue weighted by Crippen LogP contribution is 2.29. The number of aromatic amines is 1. The van der Waals surface area contributed by atoms with Gasteiger partial charge in [0, 0.05) is 11.3 Å². The minimum Gasteiger partial charge on any atom is -0.444 e. The van der Waals surface area contributed by atoms with Crippen molar-refractivity contribution in [3.05, 3.63) is 29.4 Å². The van der Waals surface area contributed by atoms with Gasteiger partial charge in [0.1, 0.15) is 5.60 Å². The van der Waals surface area contributed by atoms with Crippen molar-refractivity contribution < 1.29 is 9.53 Å². The van der Waals surface area contributed by atoms with Crippen LogP contribution in [0.2, 0.25) is 5.02 Å². The molecule has 0 aliphatic rings. The van der Waals surface area contributed by atoms with E-state index >= 15 is 0 Å². The molecule has 2 rings (SSSR count). The van der Waals surface area contributed by atoms with Crippen molar-refractivity contribution in [3.63, 3.8) is 0 Å². The molecule has 0 atom stereocenters. The van der Waals surface area contributed by atoms with Gasteiger partial charge in [-0.3, -0.25) is 5.32 Å². The van der Waals surface area contributed by atoms with Crippen LogP contribution in [0, 0.1) is 0 Å². The van der Waals surface area contributed by atoms with Crippen molar-refractivity contribution in [2.24, 2.45) is 0 Å². The molecule has 112 valence electrons. The van der Waals surface area contributed by atoms with Gasteiger partial charge in [-0.15, -0.1) is 0 Å². The quantitative estimate of drug-likeness (QED) is 0.789. The number of ether oxygens (including phenoxy) is 1. The summed E-state index contributed by atoms with van der Waals surface area (Å²) in [6, 6.07) is 5.13. The zero-order valence-electron chi connectivity index (χ0n) is 12.0. The van der Waals surface area contributed by atoms with E-state index in [4.69, 9.17) is 22.1 Å². The van der Waals surface area contributed by atoms with Gasteiger partial charge >= 0.3 is 6.09 Å². The van der Waals surface area contributed by atoms with E-state index in [2.05, 4.69) is 15.3 Å². The van der Waals surface area contributed by atoms with Crippen LogP contribution in [0.1, 0.15) is 20.8 Å². The summed E-state index contributed by atoms with van der Waals surface area (Å²) < 4.78 is 5.17. The number of carbonyl (C=O) groups excluding carboxylic acids is 1. The van der Waals surface area contributed by atoms with Crippen molar-refractivity contribution in [2.45, 2.75) is 26.4 Å². The highest BCUT2D eigenvalue weighted by Gasteiger charge is 2.16. The summed E-state index contributed by atoms with van der Waals surface area (Å²) in [6.45, 7) is 5.39. The Kier molecular flexibility index (Phi) is 4.09. The molecule has 21 heavy (non-hydrogen) atoms. The molecule has 0 saturated carbocycles. The lowest BCUT2D eigenvalue weighted by molar-refractivity contribution is 0.0636. The molecule has 0 spiro atoms. The van der Waals surface area contributed by atoms with E-state index in [1.165, 1.54) is 0 Å². The molecular formula is C14H17ClN4O2. The second kappa shape index (κ2) is 5.65. The molecule has 1 amide bonds. The predicted octanol–water partition coefficient (Wildman–Crippen LogP) is 3.66. The van der Waals surface area contributed by atoms with Crippen molar-refractivity contribution in [2.75, 3.05) is 11.1 Å². The summed E-state index contributed by atoms with van der Waals surface area (Å²) in [5.41, 5.74) is 6.99. The normalized spacial score (nSPS) is 11.2. The largest absolute Gasteiger partial charge is 0.444 e. The molecule has 4 N–H and O–H groups in total. The molecule has 2 aromatic rings. The number of anilines is 2. The Hall–Kier alpha value is -2.21. The number of H-pyrrole nitrogens is 1. The topological polar surface area (TPSA) is 93.0 Å². The van der Waals surface area contributed by atoms with E-state index in [0.29, 0.717) is 22.4 Å². The molecule has 0 aliphatic heterocycles. The Morgan fingerprint density at radius 2 is 2.14 bits per heavy atom. The van der Waals surface area contributed by atoms with Crippen LogP contribution in [0.5, 0.6) is 0 Å². The molecule has 7 heteroatoms. The molecule has 0 fully saturated rings. The second-order valence-corrected chi connectivity index (χ2v) is 5.91. The van der Waals surface area contributed by atoms with Crippen molar-refractivity contribution in [3.8, 4) is 11.3 Å². The molecule has 1 aromatic heterocycles. The van der Waals surface area contributed by atoms with Crippen LogP contribution in [0.4, 0.5) is 16.4 Å². The predicted molar refractivity (Wildman–Crippen MR) is 83.3 cm³/mol. The number of nitrogen functional groups attached to an aromatic ring is 1. The number of aromatic nitrogens is 2. The first-order valence-corrected chi connectivity index (χ1v) is 6.73. The number of nitrogens with two attached hydrogens (primary N) is 1. The summed E-state index contributed by atoms with van der Waals surface area (Å²) in [7, 11) is 0. The maximum absolute atomic E-state index is 11.7. The lowest BCUT2D eigenvalue weighted by atomic mass is 10.1. The maximum atomic E-state index is 11.7. The van der Waals surface area contributed by atoms with E-state index in [9.17, 15) is 4.79 Å². The SMILES string of the molecule is CC(C)(C)OC(=O)Nc1ccc(-c2cnc(N)[nH]2)c(Cl)c1. The number of carbonyl (C=O) groups is 1. The Bertz CT molecular complexity index is 661. The first-order valence-electron chi connectivity index (χ1n) is 6.35. The molecule has 0 saturated heterocycles. The van der Waals surface area contributed by atoms with Crippen LogP contribution in [0.25, 0.3) is 11.3 Å². The maximum Gasteiger partial charge on any atom is 0.412 e. The average Bonchev–Trinajstić information content (AvgIpc) is 2.73. The van der Waals surface area contributed by atoms with Crippen LogP contribution in [-0.2, 0) is 4.74 Å².